The van der Waals surface area contributed by atoms with Gasteiger partial charge in [-0.2, -0.15) is 0 Å². The average Bonchev–Trinajstić information content (AvgIpc) is 3.08. The van der Waals surface area contributed by atoms with Gasteiger partial charge in [-0.15, -0.1) is 0 Å². The molecule has 0 amide bonds. The van der Waals surface area contributed by atoms with E-state index in [1.807, 2.05) is 37.3 Å². The standard InChI is InChI=1S/C38H36O8/c1-27-3-11-31(12-4-27)41-23-25-43-33-15-19-35(20-16-33)45-37(39)29-7-9-30(10-8-29)38(40)46-36-21-17-34(18-22-36)44-26-24-42-32-13-5-28(2)6-14-32/h3-5,7-13,15-22H,6,14,23-26H2,1-2H3. The van der Waals surface area contributed by atoms with E-state index < -0.39 is 11.9 Å². The first-order valence-electron chi connectivity index (χ1n) is 15.1. The fourth-order valence-corrected chi connectivity index (χ4v) is 4.41. The summed E-state index contributed by atoms with van der Waals surface area (Å²) >= 11 is 0. The molecule has 0 fully saturated rings. The Morgan fingerprint density at radius 1 is 0.478 bits per heavy atom. The first-order chi connectivity index (χ1) is 22.4. The minimum atomic E-state index is -0.552. The Morgan fingerprint density at radius 2 is 0.870 bits per heavy atom. The number of hydrogen-bond acceptors (Lipinski definition) is 8. The molecule has 8 nitrogen and oxygen atoms in total. The molecule has 8 heteroatoms. The van der Waals surface area contributed by atoms with Crippen molar-refractivity contribution in [3.05, 3.63) is 137 Å². The van der Waals surface area contributed by atoms with Crippen molar-refractivity contribution in [3.63, 3.8) is 0 Å². The van der Waals surface area contributed by atoms with E-state index in [9.17, 15) is 9.59 Å². The van der Waals surface area contributed by atoms with Gasteiger partial charge < -0.3 is 28.4 Å². The molecule has 236 valence electrons. The summed E-state index contributed by atoms with van der Waals surface area (Å²) in [5, 5.41) is 0. The van der Waals surface area contributed by atoms with Crippen LogP contribution in [0.4, 0.5) is 0 Å². The Morgan fingerprint density at radius 3 is 1.28 bits per heavy atom. The molecule has 46 heavy (non-hydrogen) atoms. The summed E-state index contributed by atoms with van der Waals surface area (Å²) in [6.45, 7) is 5.75. The van der Waals surface area contributed by atoms with Crippen molar-refractivity contribution in [2.75, 3.05) is 26.4 Å². The van der Waals surface area contributed by atoms with Crippen LogP contribution in [-0.4, -0.2) is 38.4 Å². The van der Waals surface area contributed by atoms with Crippen molar-refractivity contribution in [2.24, 2.45) is 0 Å². The molecule has 5 rings (SSSR count). The first-order valence-corrected chi connectivity index (χ1v) is 15.1. The van der Waals surface area contributed by atoms with Gasteiger partial charge in [-0.05, 0) is 111 Å². The van der Waals surface area contributed by atoms with Gasteiger partial charge in [0.15, 0.2) is 0 Å². The second-order valence-electron chi connectivity index (χ2n) is 10.7. The van der Waals surface area contributed by atoms with Crippen LogP contribution in [-0.2, 0) is 4.74 Å². The van der Waals surface area contributed by atoms with Crippen LogP contribution in [0.3, 0.4) is 0 Å². The van der Waals surface area contributed by atoms with Crippen LogP contribution in [0, 0.1) is 6.92 Å². The minimum Gasteiger partial charge on any atom is -0.494 e. The largest absolute Gasteiger partial charge is 0.494 e. The molecule has 0 bridgehead atoms. The summed E-state index contributed by atoms with van der Waals surface area (Å²) in [5.74, 6) is 2.66. The van der Waals surface area contributed by atoms with E-state index in [-0.39, 0.29) is 0 Å². The predicted molar refractivity (Wildman–Crippen MR) is 174 cm³/mol. The Labute approximate surface area is 268 Å². The highest BCUT2D eigenvalue weighted by Crippen LogP contribution is 2.22. The van der Waals surface area contributed by atoms with Gasteiger partial charge in [0, 0.05) is 6.42 Å². The molecule has 0 unspecified atom stereocenters. The monoisotopic (exact) mass is 620 g/mol. The predicted octanol–water partition coefficient (Wildman–Crippen LogP) is 7.91. The Hall–Kier alpha value is -5.50. The molecule has 0 N–H and O–H groups in total. The third-order valence-corrected chi connectivity index (χ3v) is 7.03. The van der Waals surface area contributed by atoms with E-state index in [0.717, 1.165) is 24.4 Å². The molecule has 0 aromatic heterocycles. The SMILES string of the molecule is CC1=CC=C(OCCOc2ccc(OC(=O)c3ccc(C(=O)Oc4ccc(OCCOc5ccc(C)cc5)cc4)cc3)cc2)CC1. The van der Waals surface area contributed by atoms with Gasteiger partial charge in [0.25, 0.3) is 0 Å². The number of carbonyl (C=O) groups excluding carboxylic acids is 2. The number of rotatable bonds is 14. The van der Waals surface area contributed by atoms with Crippen molar-refractivity contribution in [1.29, 1.82) is 0 Å². The third-order valence-electron chi connectivity index (χ3n) is 7.03. The van der Waals surface area contributed by atoms with E-state index in [1.165, 1.54) is 35.4 Å². The summed E-state index contributed by atoms with van der Waals surface area (Å²) in [7, 11) is 0. The summed E-state index contributed by atoms with van der Waals surface area (Å²) < 4.78 is 33.8. The minimum absolute atomic E-state index is 0.293. The fourth-order valence-electron chi connectivity index (χ4n) is 4.41. The lowest BCUT2D eigenvalue weighted by Gasteiger charge is -2.14. The maximum atomic E-state index is 12.6. The van der Waals surface area contributed by atoms with Crippen LogP contribution in [0.15, 0.2) is 121 Å². The number of carbonyl (C=O) groups is 2. The second-order valence-corrected chi connectivity index (χ2v) is 10.7. The van der Waals surface area contributed by atoms with Gasteiger partial charge in [-0.25, -0.2) is 9.59 Å². The van der Waals surface area contributed by atoms with Crippen LogP contribution in [0.2, 0.25) is 0 Å². The van der Waals surface area contributed by atoms with Gasteiger partial charge in [-0.3, -0.25) is 0 Å². The zero-order chi connectivity index (χ0) is 32.1. The molecular formula is C38H36O8. The van der Waals surface area contributed by atoms with Gasteiger partial charge in [0.1, 0.15) is 55.2 Å². The van der Waals surface area contributed by atoms with Crippen LogP contribution in [0.1, 0.15) is 46.0 Å². The smallest absolute Gasteiger partial charge is 0.343 e. The first kappa shape index (κ1) is 31.9. The number of aryl methyl sites for hydroxylation is 1. The molecule has 4 aromatic rings. The van der Waals surface area contributed by atoms with E-state index >= 15 is 0 Å². The summed E-state index contributed by atoms with van der Waals surface area (Å²) in [6.07, 6.45) is 6.01. The molecule has 0 saturated carbocycles. The zero-order valence-electron chi connectivity index (χ0n) is 25.9. The Balaban J connectivity index is 1.02. The highest BCUT2D eigenvalue weighted by molar-refractivity contribution is 5.94. The van der Waals surface area contributed by atoms with E-state index in [2.05, 4.69) is 13.0 Å². The Bertz CT molecular complexity index is 1650. The van der Waals surface area contributed by atoms with E-state index in [0.29, 0.717) is 60.6 Å². The topological polar surface area (TPSA) is 89.5 Å². The van der Waals surface area contributed by atoms with Crippen molar-refractivity contribution in [2.45, 2.75) is 26.7 Å². The van der Waals surface area contributed by atoms with Crippen molar-refractivity contribution < 1.29 is 38.0 Å². The van der Waals surface area contributed by atoms with Crippen molar-refractivity contribution >= 4 is 11.9 Å². The number of benzene rings is 4. The van der Waals surface area contributed by atoms with Crippen LogP contribution >= 0.6 is 0 Å². The van der Waals surface area contributed by atoms with Gasteiger partial charge in [0.05, 0.1) is 16.9 Å². The zero-order valence-corrected chi connectivity index (χ0v) is 25.9. The molecule has 0 heterocycles. The second kappa shape index (κ2) is 16.0. The average molecular weight is 621 g/mol. The molecule has 0 saturated heterocycles. The summed E-state index contributed by atoms with van der Waals surface area (Å²) in [6, 6.07) is 27.4. The van der Waals surface area contributed by atoms with Crippen LogP contribution in [0.5, 0.6) is 28.7 Å². The lowest BCUT2D eigenvalue weighted by molar-refractivity contribution is 0.0720. The third kappa shape index (κ3) is 9.75. The van der Waals surface area contributed by atoms with Gasteiger partial charge >= 0.3 is 11.9 Å². The van der Waals surface area contributed by atoms with Crippen LogP contribution in [0.25, 0.3) is 0 Å². The highest BCUT2D eigenvalue weighted by atomic mass is 16.5. The highest BCUT2D eigenvalue weighted by Gasteiger charge is 2.13. The van der Waals surface area contributed by atoms with E-state index in [1.54, 1.807) is 48.5 Å². The molecule has 4 aromatic carbocycles. The van der Waals surface area contributed by atoms with E-state index in [4.69, 9.17) is 28.4 Å². The lowest BCUT2D eigenvalue weighted by atomic mass is 10.1. The number of esters is 2. The number of allylic oxidation sites excluding steroid dienone is 4. The molecule has 1 aliphatic carbocycles. The van der Waals surface area contributed by atoms with Gasteiger partial charge in [-0.1, -0.05) is 29.3 Å². The number of ether oxygens (including phenoxy) is 6. The summed E-state index contributed by atoms with van der Waals surface area (Å²) in [5.41, 5.74) is 3.11. The molecular weight excluding hydrogens is 584 g/mol. The summed E-state index contributed by atoms with van der Waals surface area (Å²) in [4.78, 5) is 25.3. The van der Waals surface area contributed by atoms with Crippen LogP contribution < -0.4 is 23.7 Å². The molecule has 0 radical (unpaired) electrons. The van der Waals surface area contributed by atoms with Crippen molar-refractivity contribution in [1.82, 2.24) is 0 Å². The number of hydrogen-bond donors (Lipinski definition) is 0. The molecule has 0 spiro atoms. The fraction of sp³-hybridized carbons (Fsp3) is 0.211. The van der Waals surface area contributed by atoms with Gasteiger partial charge in [0.2, 0.25) is 0 Å². The Kier molecular flexibility index (Phi) is 11.1. The molecule has 0 aliphatic heterocycles. The maximum Gasteiger partial charge on any atom is 0.343 e. The normalized spacial score (nSPS) is 12.3. The molecule has 0 atom stereocenters. The molecule has 1 aliphatic rings. The lowest BCUT2D eigenvalue weighted by Crippen LogP contribution is -2.11. The maximum absolute atomic E-state index is 12.6. The van der Waals surface area contributed by atoms with Crippen molar-refractivity contribution in [3.8, 4) is 28.7 Å². The quantitative estimate of drug-likeness (QED) is 0.0798.